The van der Waals surface area contributed by atoms with E-state index in [2.05, 4.69) is 20.8 Å². The number of hydrogen-bond donors (Lipinski definition) is 2. The smallest absolute Gasteiger partial charge is 0.481 e. The zero-order valence-electron chi connectivity index (χ0n) is 8.41. The van der Waals surface area contributed by atoms with Gasteiger partial charge in [0.25, 0.3) is 0 Å². The van der Waals surface area contributed by atoms with Crippen LogP contribution in [0.15, 0.2) is 0 Å². The zero-order chi connectivity index (χ0) is 10.1. The van der Waals surface area contributed by atoms with Gasteiger partial charge in [-0.25, -0.2) is 0 Å². The van der Waals surface area contributed by atoms with Gasteiger partial charge in [-0.1, -0.05) is 13.8 Å². The first-order valence-corrected chi connectivity index (χ1v) is 3.63. The summed E-state index contributed by atoms with van der Waals surface area (Å²) in [4.78, 5) is 19.3. The van der Waals surface area contributed by atoms with E-state index in [1.54, 1.807) is 0 Å². The number of hydrogen-bond acceptors (Lipinski definition) is 2. The van der Waals surface area contributed by atoms with E-state index in [0.717, 1.165) is 0 Å². The maximum Gasteiger partial charge on any atom is 1.00 e. The maximum atomic E-state index is 9.64. The summed E-state index contributed by atoms with van der Waals surface area (Å²) in [6.45, 7) is 7.75. The van der Waals surface area contributed by atoms with Gasteiger partial charge in [0, 0.05) is 0 Å². The molecule has 0 rings (SSSR count). The molecule has 0 aliphatic rings. The Labute approximate surface area is 101 Å². The van der Waals surface area contributed by atoms with E-state index in [0.29, 0.717) is 5.92 Å². The van der Waals surface area contributed by atoms with Gasteiger partial charge in [-0.3, -0.25) is 9.59 Å². The average molecular weight is 198 g/mol. The second-order valence-corrected chi connectivity index (χ2v) is 2.68. The second kappa shape index (κ2) is 11.9. The van der Waals surface area contributed by atoms with E-state index in [1.165, 1.54) is 0 Å². The molecule has 0 saturated carbocycles. The number of carboxylic acid groups (broad SMARTS) is 2. The quantitative estimate of drug-likeness (QED) is 0.424. The summed E-state index contributed by atoms with van der Waals surface area (Å²) in [5, 5.41) is 15.8. The second-order valence-electron chi connectivity index (χ2n) is 2.68. The Morgan fingerprint density at radius 2 is 1.31 bits per heavy atom. The third-order valence-corrected chi connectivity index (χ3v) is 0.553. The van der Waals surface area contributed by atoms with Crippen molar-refractivity contribution in [1.82, 2.24) is 0 Å². The van der Waals surface area contributed by atoms with Crippen molar-refractivity contribution in [2.45, 2.75) is 26.7 Å². The van der Waals surface area contributed by atoms with Crippen LogP contribution in [-0.4, -0.2) is 22.2 Å². The van der Waals surface area contributed by atoms with E-state index < -0.39 is 11.9 Å². The molecule has 0 aromatic rings. The van der Waals surface area contributed by atoms with Crippen molar-refractivity contribution >= 4 is 11.9 Å². The van der Waals surface area contributed by atoms with Gasteiger partial charge in [0.15, 0.2) is 0 Å². The predicted molar refractivity (Wildman–Crippen MR) is 44.7 cm³/mol. The van der Waals surface area contributed by atoms with Gasteiger partial charge in [-0.2, -0.15) is 5.92 Å². The summed E-state index contributed by atoms with van der Waals surface area (Å²) in [7, 11) is 0. The number of rotatable bonds is 3. The molecular formula is C8H15NaO4. The van der Waals surface area contributed by atoms with Crippen LogP contribution in [0.4, 0.5) is 0 Å². The van der Waals surface area contributed by atoms with Crippen molar-refractivity contribution in [1.29, 1.82) is 0 Å². The van der Waals surface area contributed by atoms with Gasteiger partial charge in [-0.15, -0.1) is 0 Å². The summed E-state index contributed by atoms with van der Waals surface area (Å²) in [5.74, 6) is -1.57. The molecule has 0 aromatic heterocycles. The molecule has 72 valence electrons. The molecule has 0 atom stereocenters. The van der Waals surface area contributed by atoms with Crippen LogP contribution >= 0.6 is 0 Å². The predicted octanol–water partition coefficient (Wildman–Crippen LogP) is -1.58. The molecule has 0 unspecified atom stereocenters. The van der Waals surface area contributed by atoms with Gasteiger partial charge in [0.05, 0.1) is 12.8 Å². The minimum atomic E-state index is -1.08. The molecule has 0 amide bonds. The Hall–Kier alpha value is -0.0600. The van der Waals surface area contributed by atoms with Crippen LogP contribution in [-0.2, 0) is 9.59 Å². The van der Waals surface area contributed by atoms with Crippen LogP contribution in [0.1, 0.15) is 26.7 Å². The van der Waals surface area contributed by atoms with E-state index in [1.807, 2.05) is 0 Å². The maximum absolute atomic E-state index is 9.64. The van der Waals surface area contributed by atoms with Gasteiger partial charge in [-0.05, 0) is 0 Å². The summed E-state index contributed by atoms with van der Waals surface area (Å²) in [5.41, 5.74) is 0. The van der Waals surface area contributed by atoms with Crippen LogP contribution in [0.5, 0.6) is 0 Å². The van der Waals surface area contributed by atoms with Gasteiger partial charge in [0.1, 0.15) is 0 Å². The molecule has 0 spiro atoms. The molecule has 5 heteroatoms. The van der Waals surface area contributed by atoms with Crippen LogP contribution in [0.2, 0.25) is 0 Å². The summed E-state index contributed by atoms with van der Waals surface area (Å²) >= 11 is 0. The van der Waals surface area contributed by atoms with Crippen molar-refractivity contribution in [3.8, 4) is 0 Å². The molecule has 0 heterocycles. The first-order valence-electron chi connectivity index (χ1n) is 3.63. The molecule has 0 radical (unpaired) electrons. The molecule has 0 saturated heterocycles. The van der Waals surface area contributed by atoms with E-state index in [4.69, 9.17) is 10.2 Å². The van der Waals surface area contributed by atoms with Gasteiger partial charge < -0.3 is 17.1 Å². The van der Waals surface area contributed by atoms with E-state index in [9.17, 15) is 9.59 Å². The van der Waals surface area contributed by atoms with Crippen molar-refractivity contribution in [2.24, 2.45) is 5.92 Å². The number of carbonyl (C=O) groups is 2. The normalized spacial score (nSPS) is 8.00. The third-order valence-electron chi connectivity index (χ3n) is 0.553. The first kappa shape index (κ1) is 18.7. The Bertz CT molecular complexity index is 128. The minimum Gasteiger partial charge on any atom is -0.481 e. The number of carboxylic acids is 2. The van der Waals surface area contributed by atoms with E-state index >= 15 is 0 Å². The first-order chi connectivity index (χ1) is 5.36. The third kappa shape index (κ3) is 48.3. The van der Waals surface area contributed by atoms with Crippen molar-refractivity contribution in [2.75, 3.05) is 0 Å². The Morgan fingerprint density at radius 3 is 1.38 bits per heavy atom. The largest absolute Gasteiger partial charge is 1.00 e. The van der Waals surface area contributed by atoms with Crippen LogP contribution in [0.3, 0.4) is 0 Å². The molecule has 0 aliphatic carbocycles. The molecule has 0 fully saturated rings. The van der Waals surface area contributed by atoms with Crippen molar-refractivity contribution in [3.63, 3.8) is 0 Å². The summed E-state index contributed by atoms with van der Waals surface area (Å²) in [6.07, 6.45) is -0.593. The summed E-state index contributed by atoms with van der Waals surface area (Å²) < 4.78 is 0. The fourth-order valence-corrected chi connectivity index (χ4v) is 0.214. The SMILES string of the molecule is O=C(O)CCC(=O)O.[CH2-]C(C)C.[Na+]. The molecular weight excluding hydrogens is 183 g/mol. The van der Waals surface area contributed by atoms with Crippen LogP contribution in [0.25, 0.3) is 0 Å². The fraction of sp³-hybridized carbons (Fsp3) is 0.625. The van der Waals surface area contributed by atoms with Crippen molar-refractivity contribution < 1.29 is 49.4 Å². The topological polar surface area (TPSA) is 74.6 Å². The van der Waals surface area contributed by atoms with Gasteiger partial charge in [0.2, 0.25) is 0 Å². The van der Waals surface area contributed by atoms with E-state index in [-0.39, 0.29) is 42.4 Å². The molecule has 2 N–H and O–H groups in total. The Balaban J connectivity index is -0.000000173. The van der Waals surface area contributed by atoms with Gasteiger partial charge >= 0.3 is 41.5 Å². The standard InChI is InChI=1S/C4H6O4.C4H9.Na/c5-3(6)1-2-4(7)8;1-4(2)3;/h1-2H2,(H,5,6)(H,7,8);4H,1H2,2-3H3;/q;-1;+1. The zero-order valence-corrected chi connectivity index (χ0v) is 10.4. The Morgan fingerprint density at radius 1 is 1.15 bits per heavy atom. The minimum absolute atomic E-state index is 0. The monoisotopic (exact) mass is 198 g/mol. The average Bonchev–Trinajstić information content (AvgIpc) is 1.82. The van der Waals surface area contributed by atoms with Crippen molar-refractivity contribution in [3.05, 3.63) is 6.92 Å². The Kier molecular flexibility index (Phi) is 17.1. The summed E-state index contributed by atoms with van der Waals surface area (Å²) in [6, 6.07) is 0. The van der Waals surface area contributed by atoms with Crippen LogP contribution < -0.4 is 29.6 Å². The molecule has 0 bridgehead atoms. The molecule has 0 aromatic carbocycles. The molecule has 13 heavy (non-hydrogen) atoms. The fourth-order valence-electron chi connectivity index (χ4n) is 0.214. The molecule has 4 nitrogen and oxygen atoms in total. The molecule has 0 aliphatic heterocycles. The van der Waals surface area contributed by atoms with Crippen LogP contribution in [0, 0.1) is 12.8 Å². The number of aliphatic carboxylic acids is 2.